The maximum atomic E-state index is 12.0. The Kier molecular flexibility index (Phi) is 4.10. The number of hydrogen-bond donors (Lipinski definition) is 3. The number of aromatic nitrogens is 2. The number of rotatable bonds is 3. The number of hydrogen-bond acceptors (Lipinski definition) is 5. The average Bonchev–Trinajstić information content (AvgIpc) is 2.37. The monoisotopic (exact) mass is 269 g/mol. The van der Waals surface area contributed by atoms with Crippen molar-refractivity contribution < 1.29 is 9.90 Å². The number of nitrogens with zero attached hydrogens (tertiary/aromatic N) is 3. The van der Waals surface area contributed by atoms with E-state index >= 15 is 0 Å². The summed E-state index contributed by atoms with van der Waals surface area (Å²) in [5.74, 6) is -0.514. The molecule has 0 aliphatic carbocycles. The van der Waals surface area contributed by atoms with Crippen molar-refractivity contribution in [1.82, 2.24) is 14.6 Å². The molecule has 0 bridgehead atoms. The lowest BCUT2D eigenvalue weighted by Crippen LogP contribution is -2.40. The quantitative estimate of drug-likeness (QED) is 0.458. The fourth-order valence-electron chi connectivity index (χ4n) is 1.52. The number of nitrogens with two attached hydrogens (primary N) is 1. The first-order valence-electron chi connectivity index (χ1n) is 5.42. The Morgan fingerprint density at radius 2 is 1.95 bits per heavy atom. The Hall–Kier alpha value is -2.58. The van der Waals surface area contributed by atoms with Gasteiger partial charge in [-0.3, -0.25) is 13.9 Å². The molecule has 104 valence electrons. The zero-order chi connectivity index (χ0) is 14.7. The second-order valence-corrected chi connectivity index (χ2v) is 3.79. The Labute approximate surface area is 108 Å². The summed E-state index contributed by atoms with van der Waals surface area (Å²) in [5, 5.41) is 13.5. The third-order valence-corrected chi connectivity index (χ3v) is 2.56. The summed E-state index contributed by atoms with van der Waals surface area (Å²) < 4.78 is 1.75. The second kappa shape index (κ2) is 5.38. The maximum absolute atomic E-state index is 12.0. The summed E-state index contributed by atoms with van der Waals surface area (Å²) in [4.78, 5) is 34.2. The molecule has 0 spiro atoms. The molecule has 1 aromatic heterocycles. The van der Waals surface area contributed by atoms with Crippen LogP contribution in [0.4, 0.5) is 4.79 Å². The third-order valence-electron chi connectivity index (χ3n) is 2.56. The van der Waals surface area contributed by atoms with Crippen molar-refractivity contribution in [1.29, 1.82) is 0 Å². The number of hydrazone groups is 1. The molecular weight excluding hydrogens is 254 g/mol. The first-order valence-corrected chi connectivity index (χ1v) is 5.42. The van der Waals surface area contributed by atoms with Crippen molar-refractivity contribution >= 4 is 11.7 Å². The highest BCUT2D eigenvalue weighted by atomic mass is 16.3. The Balaban J connectivity index is 3.58. The van der Waals surface area contributed by atoms with Gasteiger partial charge in [-0.25, -0.2) is 15.0 Å². The average molecular weight is 269 g/mol. The molecule has 0 atom stereocenters. The maximum Gasteiger partial charge on any atom is 0.333 e. The molecule has 4 N–H and O–H groups in total. The van der Waals surface area contributed by atoms with Gasteiger partial charge in [0.2, 0.25) is 5.88 Å². The minimum absolute atomic E-state index is 0.118. The zero-order valence-corrected chi connectivity index (χ0v) is 10.8. The lowest BCUT2D eigenvalue weighted by molar-refractivity contribution is 0.249. The Morgan fingerprint density at radius 3 is 2.42 bits per heavy atom. The van der Waals surface area contributed by atoms with Crippen molar-refractivity contribution in [2.75, 3.05) is 0 Å². The van der Waals surface area contributed by atoms with E-state index in [4.69, 9.17) is 5.73 Å². The molecule has 0 radical (unpaired) electrons. The van der Waals surface area contributed by atoms with Crippen LogP contribution in [0.1, 0.15) is 18.9 Å². The van der Waals surface area contributed by atoms with Gasteiger partial charge in [0, 0.05) is 14.1 Å². The minimum Gasteiger partial charge on any atom is -0.494 e. The van der Waals surface area contributed by atoms with Gasteiger partial charge in [0.25, 0.3) is 5.56 Å². The van der Waals surface area contributed by atoms with Gasteiger partial charge < -0.3 is 10.8 Å². The van der Waals surface area contributed by atoms with Gasteiger partial charge in [-0.15, -0.1) is 0 Å². The minimum atomic E-state index is -0.896. The van der Waals surface area contributed by atoms with Crippen molar-refractivity contribution in [2.45, 2.75) is 13.3 Å². The molecule has 0 fully saturated rings. The molecular formula is C10H15N5O4. The van der Waals surface area contributed by atoms with Gasteiger partial charge in [-0.1, -0.05) is 6.92 Å². The van der Waals surface area contributed by atoms with E-state index in [1.54, 1.807) is 6.92 Å². The van der Waals surface area contributed by atoms with Gasteiger partial charge in [0.05, 0.1) is 5.71 Å². The van der Waals surface area contributed by atoms with Gasteiger partial charge in [-0.2, -0.15) is 5.10 Å². The van der Waals surface area contributed by atoms with Crippen LogP contribution in [0, 0.1) is 0 Å². The van der Waals surface area contributed by atoms with E-state index in [-0.39, 0.29) is 17.7 Å². The first kappa shape index (κ1) is 14.5. The van der Waals surface area contributed by atoms with E-state index in [0.29, 0.717) is 0 Å². The van der Waals surface area contributed by atoms with E-state index in [1.165, 1.54) is 14.1 Å². The van der Waals surface area contributed by atoms with Crippen LogP contribution in [0.25, 0.3) is 0 Å². The number of carbonyl (C=O) groups excluding carboxylic acids is 1. The van der Waals surface area contributed by atoms with Crippen molar-refractivity contribution in [3.05, 3.63) is 26.4 Å². The van der Waals surface area contributed by atoms with Crippen LogP contribution in [0.2, 0.25) is 0 Å². The van der Waals surface area contributed by atoms with Gasteiger partial charge >= 0.3 is 11.7 Å². The van der Waals surface area contributed by atoms with Crippen molar-refractivity contribution in [3.8, 4) is 5.88 Å². The smallest absolute Gasteiger partial charge is 0.333 e. The number of primary amides is 1. The lowest BCUT2D eigenvalue weighted by Gasteiger charge is -2.11. The van der Waals surface area contributed by atoms with Crippen LogP contribution in [-0.2, 0) is 14.1 Å². The molecule has 2 amide bonds. The number of urea groups is 1. The SMILES string of the molecule is CC/C(=N\NC(N)=O)c1c(O)n(C)c(=O)n(C)c1=O. The Morgan fingerprint density at radius 1 is 1.37 bits per heavy atom. The molecule has 9 nitrogen and oxygen atoms in total. The lowest BCUT2D eigenvalue weighted by atomic mass is 10.1. The number of aromatic hydroxyl groups is 1. The van der Waals surface area contributed by atoms with Gasteiger partial charge in [-0.05, 0) is 6.42 Å². The van der Waals surface area contributed by atoms with E-state index < -0.39 is 23.2 Å². The highest BCUT2D eigenvalue weighted by molar-refractivity contribution is 6.02. The largest absolute Gasteiger partial charge is 0.494 e. The fourth-order valence-corrected chi connectivity index (χ4v) is 1.52. The molecule has 0 aliphatic rings. The molecule has 0 saturated carbocycles. The molecule has 0 aromatic carbocycles. The number of nitrogens with one attached hydrogen (secondary N) is 1. The van der Waals surface area contributed by atoms with Crippen LogP contribution >= 0.6 is 0 Å². The van der Waals surface area contributed by atoms with Crippen LogP contribution in [0.15, 0.2) is 14.7 Å². The molecule has 0 saturated heterocycles. The van der Waals surface area contributed by atoms with E-state index in [1.807, 2.05) is 5.43 Å². The molecule has 9 heteroatoms. The summed E-state index contributed by atoms with van der Waals surface area (Å²) in [6, 6.07) is -0.896. The number of amides is 2. The summed E-state index contributed by atoms with van der Waals surface area (Å²) in [5.41, 5.74) is 5.46. The molecule has 19 heavy (non-hydrogen) atoms. The highest BCUT2D eigenvalue weighted by Crippen LogP contribution is 2.11. The third kappa shape index (κ3) is 2.64. The summed E-state index contributed by atoms with van der Waals surface area (Å²) >= 11 is 0. The second-order valence-electron chi connectivity index (χ2n) is 3.79. The molecule has 1 rings (SSSR count). The van der Waals surface area contributed by atoms with Gasteiger partial charge in [0.1, 0.15) is 5.56 Å². The molecule has 1 heterocycles. The summed E-state index contributed by atoms with van der Waals surface area (Å²) in [6.45, 7) is 1.67. The van der Waals surface area contributed by atoms with Crippen LogP contribution in [0.5, 0.6) is 5.88 Å². The fraction of sp³-hybridized carbons (Fsp3) is 0.400. The normalized spacial score (nSPS) is 11.4. The van der Waals surface area contributed by atoms with Crippen LogP contribution in [0.3, 0.4) is 0 Å². The van der Waals surface area contributed by atoms with Crippen LogP contribution < -0.4 is 22.4 Å². The molecule has 1 aromatic rings. The summed E-state index contributed by atoms with van der Waals surface area (Å²) in [7, 11) is 2.60. The van der Waals surface area contributed by atoms with Crippen molar-refractivity contribution in [2.24, 2.45) is 24.9 Å². The van der Waals surface area contributed by atoms with E-state index in [2.05, 4.69) is 5.10 Å². The predicted molar refractivity (Wildman–Crippen MR) is 68.1 cm³/mol. The molecule has 0 aliphatic heterocycles. The van der Waals surface area contributed by atoms with E-state index in [0.717, 1.165) is 9.13 Å². The van der Waals surface area contributed by atoms with E-state index in [9.17, 15) is 19.5 Å². The van der Waals surface area contributed by atoms with Crippen molar-refractivity contribution in [3.63, 3.8) is 0 Å². The summed E-state index contributed by atoms with van der Waals surface area (Å²) in [6.07, 6.45) is 0.251. The highest BCUT2D eigenvalue weighted by Gasteiger charge is 2.19. The standard InChI is InChI=1S/C10H15N5O4/c1-4-5(12-13-9(11)18)6-7(16)14(2)10(19)15(3)8(6)17/h16H,4H2,1-3H3,(H3,11,13,18)/b12-5+. The zero-order valence-electron chi connectivity index (χ0n) is 10.8. The predicted octanol–water partition coefficient (Wildman–Crippen LogP) is -1.43. The first-order chi connectivity index (χ1) is 8.81. The van der Waals surface area contributed by atoms with Gasteiger partial charge in [0.15, 0.2) is 0 Å². The van der Waals surface area contributed by atoms with Crippen LogP contribution in [-0.4, -0.2) is 26.0 Å². The molecule has 0 unspecified atom stereocenters. The number of carbonyl (C=O) groups is 1. The topological polar surface area (TPSA) is 132 Å². The Bertz CT molecular complexity index is 655.